The van der Waals surface area contributed by atoms with Crippen LogP contribution in [0.4, 0.5) is 23.5 Å². The number of anilines is 1. The summed E-state index contributed by atoms with van der Waals surface area (Å²) >= 11 is 0. The molecule has 0 aliphatic heterocycles. The second-order valence-corrected chi connectivity index (χ2v) is 9.78. The molecule has 11 heteroatoms. The van der Waals surface area contributed by atoms with Gasteiger partial charge in [0, 0.05) is 53.9 Å². The summed E-state index contributed by atoms with van der Waals surface area (Å²) in [7, 11) is 1.79. The van der Waals surface area contributed by atoms with Gasteiger partial charge in [0.25, 0.3) is 5.92 Å². The maximum absolute atomic E-state index is 13.9. The highest BCUT2D eigenvalue weighted by molar-refractivity contribution is 5.94. The Bertz CT molecular complexity index is 1400. The van der Waals surface area contributed by atoms with Crippen molar-refractivity contribution in [3.05, 3.63) is 49.1 Å². The van der Waals surface area contributed by atoms with Crippen molar-refractivity contribution >= 4 is 28.6 Å². The van der Waals surface area contributed by atoms with Crippen LogP contribution in [0.2, 0.25) is 0 Å². The number of aromatic amines is 1. The van der Waals surface area contributed by atoms with Crippen molar-refractivity contribution in [1.29, 1.82) is 0 Å². The van der Waals surface area contributed by atoms with Gasteiger partial charge in [-0.15, -0.1) is 0 Å². The summed E-state index contributed by atoms with van der Waals surface area (Å²) < 4.78 is 53.7. The monoisotopic (exact) mass is 515 g/mol. The maximum Gasteiger partial charge on any atom is 0.267 e. The second kappa shape index (κ2) is 9.77. The van der Waals surface area contributed by atoms with Gasteiger partial charge in [-0.1, -0.05) is 12.7 Å². The van der Waals surface area contributed by atoms with Crippen LogP contribution in [-0.4, -0.2) is 56.5 Å². The van der Waals surface area contributed by atoms with Crippen LogP contribution in [0.15, 0.2) is 43.5 Å². The second-order valence-electron chi connectivity index (χ2n) is 9.78. The van der Waals surface area contributed by atoms with E-state index in [0.717, 1.165) is 34.1 Å². The van der Waals surface area contributed by atoms with Crippen molar-refractivity contribution in [3.8, 4) is 11.1 Å². The van der Waals surface area contributed by atoms with E-state index in [4.69, 9.17) is 0 Å². The lowest BCUT2D eigenvalue weighted by Gasteiger charge is -2.34. The van der Waals surface area contributed by atoms with Gasteiger partial charge in [-0.2, -0.15) is 10.1 Å². The average Bonchev–Trinajstić information content (AvgIpc) is 3.52. The van der Waals surface area contributed by atoms with Crippen LogP contribution >= 0.6 is 0 Å². The molecule has 4 aromatic rings. The number of pyridine rings is 1. The number of hydrogen-bond donors (Lipinski definition) is 3. The van der Waals surface area contributed by atoms with Gasteiger partial charge in [0.05, 0.1) is 18.3 Å². The average molecular weight is 516 g/mol. The van der Waals surface area contributed by atoms with Gasteiger partial charge in [0.2, 0.25) is 11.9 Å². The summed E-state index contributed by atoms with van der Waals surface area (Å²) in [6, 6.07) is 3.98. The summed E-state index contributed by atoms with van der Waals surface area (Å²) in [5.74, 6) is -5.17. The molecule has 4 aromatic heterocycles. The van der Waals surface area contributed by atoms with Crippen LogP contribution in [0.25, 0.3) is 33.8 Å². The highest BCUT2D eigenvalue weighted by Crippen LogP contribution is 2.43. The minimum Gasteiger partial charge on any atom is -0.348 e. The highest BCUT2D eigenvalue weighted by atomic mass is 19.3. The zero-order valence-corrected chi connectivity index (χ0v) is 20.4. The third kappa shape index (κ3) is 5.46. The van der Waals surface area contributed by atoms with Crippen LogP contribution < -0.4 is 10.6 Å². The van der Waals surface area contributed by atoms with Crippen molar-refractivity contribution in [3.63, 3.8) is 0 Å². The molecule has 2 aliphatic carbocycles. The molecule has 2 saturated carbocycles. The summed E-state index contributed by atoms with van der Waals surface area (Å²) in [5, 5.41) is 10.7. The molecular formula is C26H29F4N7. The fraction of sp³-hybridized carbons (Fsp3) is 0.423. The smallest absolute Gasteiger partial charge is 0.267 e. The third-order valence-electron chi connectivity index (χ3n) is 6.84. The molecule has 0 amide bonds. The first-order valence-electron chi connectivity index (χ1n) is 12.3. The Kier molecular flexibility index (Phi) is 6.65. The molecule has 0 unspecified atom stereocenters. The van der Waals surface area contributed by atoms with Crippen molar-refractivity contribution in [2.45, 2.75) is 37.5 Å². The number of H-pyrrole nitrogens is 1. The number of aromatic nitrogens is 5. The molecule has 2 fully saturated rings. The van der Waals surface area contributed by atoms with E-state index in [1.165, 1.54) is 0 Å². The third-order valence-corrected chi connectivity index (χ3v) is 6.84. The quantitative estimate of drug-likeness (QED) is 0.265. The molecule has 0 aromatic carbocycles. The number of rotatable bonds is 8. The first kappa shape index (κ1) is 25.2. The van der Waals surface area contributed by atoms with Crippen molar-refractivity contribution in [1.82, 2.24) is 29.9 Å². The number of nitrogens with zero attached hydrogens (tertiary/aromatic N) is 4. The molecular weight excluding hydrogens is 486 g/mol. The van der Waals surface area contributed by atoms with Crippen LogP contribution in [0.5, 0.6) is 0 Å². The van der Waals surface area contributed by atoms with E-state index in [2.05, 4.69) is 37.3 Å². The highest BCUT2D eigenvalue weighted by Gasteiger charge is 2.46. The standard InChI is InChI=1S/C20H18F2N6.C6H11F2N/c1-2-12-8-26-28-6-5-13(7-17(12)28)15-9-23-18-16(15)10-24-19(27-18)25-11-20(21,22)14-3-4-14;1-9-4-5-2-6(7,8)3-5/h2,5-10,14H,1,3-4,11H2,(H2,23,24,25,27);5,9H,2-4H2,1H3. The lowest BCUT2D eigenvalue weighted by Crippen LogP contribution is -2.40. The van der Waals surface area contributed by atoms with E-state index in [0.29, 0.717) is 18.5 Å². The fourth-order valence-electron chi connectivity index (χ4n) is 4.62. The zero-order valence-electron chi connectivity index (χ0n) is 20.4. The van der Waals surface area contributed by atoms with E-state index >= 15 is 0 Å². The molecule has 7 nitrogen and oxygen atoms in total. The molecule has 0 radical (unpaired) electrons. The van der Waals surface area contributed by atoms with E-state index < -0.39 is 24.3 Å². The zero-order chi connectivity index (χ0) is 26.2. The normalized spacial score (nSPS) is 17.3. The molecule has 6 rings (SSSR count). The van der Waals surface area contributed by atoms with Gasteiger partial charge in [-0.05, 0) is 50.0 Å². The first-order valence-corrected chi connectivity index (χ1v) is 12.3. The Hall–Kier alpha value is -3.47. The van der Waals surface area contributed by atoms with Crippen LogP contribution in [0.1, 0.15) is 31.2 Å². The van der Waals surface area contributed by atoms with Gasteiger partial charge >= 0.3 is 0 Å². The Morgan fingerprint density at radius 1 is 1.27 bits per heavy atom. The van der Waals surface area contributed by atoms with E-state index in [1.807, 2.05) is 24.5 Å². The van der Waals surface area contributed by atoms with E-state index in [9.17, 15) is 17.6 Å². The molecule has 3 N–H and O–H groups in total. The fourth-order valence-corrected chi connectivity index (χ4v) is 4.62. The molecule has 0 saturated heterocycles. The number of halogens is 4. The van der Waals surface area contributed by atoms with Crippen LogP contribution in [0, 0.1) is 11.8 Å². The lowest BCUT2D eigenvalue weighted by molar-refractivity contribution is -0.108. The van der Waals surface area contributed by atoms with Crippen molar-refractivity contribution in [2.24, 2.45) is 11.8 Å². The minimum atomic E-state index is -2.72. The van der Waals surface area contributed by atoms with Crippen molar-refractivity contribution < 1.29 is 17.6 Å². The maximum atomic E-state index is 13.9. The molecule has 0 bridgehead atoms. The predicted octanol–water partition coefficient (Wildman–Crippen LogP) is 5.62. The number of hydrogen-bond acceptors (Lipinski definition) is 5. The first-order chi connectivity index (χ1) is 17.7. The number of nitrogens with one attached hydrogen (secondary N) is 3. The lowest BCUT2D eigenvalue weighted by atomic mass is 9.81. The molecule has 37 heavy (non-hydrogen) atoms. The minimum absolute atomic E-state index is 0.0772. The summed E-state index contributed by atoms with van der Waals surface area (Å²) in [5.41, 5.74) is 4.40. The van der Waals surface area contributed by atoms with E-state index in [-0.39, 0.29) is 24.7 Å². The molecule has 4 heterocycles. The van der Waals surface area contributed by atoms with Gasteiger partial charge in [0.15, 0.2) is 0 Å². The summed E-state index contributed by atoms with van der Waals surface area (Å²) in [4.78, 5) is 11.7. The Morgan fingerprint density at radius 2 is 2.05 bits per heavy atom. The largest absolute Gasteiger partial charge is 0.348 e. The molecule has 0 atom stereocenters. The number of alkyl halides is 4. The Labute approximate surface area is 211 Å². The Balaban J connectivity index is 0.000000265. The summed E-state index contributed by atoms with van der Waals surface area (Å²) in [6.07, 6.45) is 10.2. The number of fused-ring (bicyclic) bond motifs is 2. The van der Waals surface area contributed by atoms with Gasteiger partial charge < -0.3 is 15.6 Å². The van der Waals surface area contributed by atoms with Gasteiger partial charge in [0.1, 0.15) is 5.65 Å². The summed E-state index contributed by atoms with van der Waals surface area (Å²) in [6.45, 7) is 4.10. The SMILES string of the molecule is C=Cc1cnn2ccc(-c3c[nH]c4nc(NCC(F)(F)C5CC5)ncc34)cc12.CNCC1CC(F)(F)C1. The van der Waals surface area contributed by atoms with Crippen LogP contribution in [-0.2, 0) is 0 Å². The van der Waals surface area contributed by atoms with Gasteiger partial charge in [-0.3, -0.25) is 0 Å². The van der Waals surface area contributed by atoms with E-state index in [1.54, 1.807) is 30.0 Å². The molecule has 2 aliphatic rings. The molecule has 196 valence electrons. The van der Waals surface area contributed by atoms with Crippen molar-refractivity contribution in [2.75, 3.05) is 25.5 Å². The Morgan fingerprint density at radius 3 is 2.73 bits per heavy atom. The molecule has 0 spiro atoms. The topological polar surface area (TPSA) is 82.9 Å². The van der Waals surface area contributed by atoms with Crippen LogP contribution in [0.3, 0.4) is 0 Å². The predicted molar refractivity (Wildman–Crippen MR) is 136 cm³/mol. The van der Waals surface area contributed by atoms with Gasteiger partial charge in [-0.25, -0.2) is 27.1 Å².